The van der Waals surface area contributed by atoms with E-state index in [1.807, 2.05) is 0 Å². The van der Waals surface area contributed by atoms with Gasteiger partial charge in [0.2, 0.25) is 0 Å². The fourth-order valence-corrected chi connectivity index (χ4v) is 0. The van der Waals surface area contributed by atoms with Crippen molar-refractivity contribution in [2.24, 2.45) is 0 Å². The summed E-state index contributed by atoms with van der Waals surface area (Å²) in [5.41, 5.74) is 0. The average molecular weight is 436 g/mol. The maximum atomic E-state index is 2.39. The fraction of sp³-hybridized carbons (Fsp3) is 0. The normalized spacial score (nSPS) is 5.50. The molecule has 0 bridgehead atoms. The van der Waals surface area contributed by atoms with Crippen molar-refractivity contribution in [3.63, 3.8) is 0 Å². The SMILES string of the molecule is I[I-]I.[Mn]. The van der Waals surface area contributed by atoms with Gasteiger partial charge in [0.05, 0.1) is 0 Å². The Balaban J connectivity index is 0. The second-order valence-corrected chi connectivity index (χ2v) is 16.3. The molecule has 29 valence electrons. The van der Waals surface area contributed by atoms with Crippen LogP contribution in [0.3, 0.4) is 0 Å². The first kappa shape index (κ1) is 9.86. The van der Waals surface area contributed by atoms with Crippen LogP contribution in [-0.2, 0) is 17.1 Å². The Morgan fingerprint density at radius 2 is 1.25 bits per heavy atom. The summed E-state index contributed by atoms with van der Waals surface area (Å²) in [5.74, 6) is 0. The molecule has 0 aliphatic rings. The zero-order valence-corrected chi connectivity index (χ0v) is 9.16. The predicted octanol–water partition coefficient (Wildman–Crippen LogP) is -1.23. The molecule has 0 aromatic rings. The van der Waals surface area contributed by atoms with Crippen LogP contribution in [0.15, 0.2) is 0 Å². The van der Waals surface area contributed by atoms with Gasteiger partial charge in [-0.2, -0.15) is 0 Å². The van der Waals surface area contributed by atoms with Crippen molar-refractivity contribution in [1.82, 2.24) is 0 Å². The molecule has 0 fully saturated rings. The summed E-state index contributed by atoms with van der Waals surface area (Å²) in [7, 11) is 0. The Kier molecular flexibility index (Phi) is 22.7. The maximum Gasteiger partial charge on any atom is 0 e. The van der Waals surface area contributed by atoms with Gasteiger partial charge in [-0.05, 0) is 0 Å². The number of halogens is 3. The Hall–Kier alpha value is 2.71. The van der Waals surface area contributed by atoms with Gasteiger partial charge in [0.1, 0.15) is 0 Å². The van der Waals surface area contributed by atoms with Gasteiger partial charge in [-0.1, -0.05) is 0 Å². The van der Waals surface area contributed by atoms with Crippen LogP contribution in [0.4, 0.5) is 0 Å². The van der Waals surface area contributed by atoms with Crippen LogP contribution >= 0.6 is 37.2 Å². The van der Waals surface area contributed by atoms with Crippen molar-refractivity contribution < 1.29 is 30.3 Å². The van der Waals surface area contributed by atoms with Gasteiger partial charge in [0.25, 0.3) is 0 Å². The number of rotatable bonds is 0. The van der Waals surface area contributed by atoms with E-state index in [1.165, 1.54) is 0 Å². The van der Waals surface area contributed by atoms with E-state index < -0.39 is 0 Å². The van der Waals surface area contributed by atoms with Crippen molar-refractivity contribution in [3.8, 4) is 0 Å². The molecular formula is I3Mn-. The number of hydrogen-bond acceptors (Lipinski definition) is 0. The Morgan fingerprint density at radius 1 is 1.25 bits per heavy atom. The van der Waals surface area contributed by atoms with Gasteiger partial charge in [0, 0.05) is 17.1 Å². The van der Waals surface area contributed by atoms with Gasteiger partial charge < -0.3 is 0 Å². The van der Waals surface area contributed by atoms with Crippen LogP contribution in [0.2, 0.25) is 0 Å². The van der Waals surface area contributed by atoms with Crippen LogP contribution in [0.5, 0.6) is 0 Å². The van der Waals surface area contributed by atoms with E-state index in [2.05, 4.69) is 37.2 Å². The molecule has 0 nitrogen and oxygen atoms in total. The molecule has 0 heterocycles. The largest absolute Gasteiger partial charge is 0 e. The second-order valence-electron chi connectivity index (χ2n) is 0.0540. The molecule has 4 heteroatoms. The molecular weight excluding hydrogens is 436 g/mol. The molecule has 0 N–H and O–H groups in total. The van der Waals surface area contributed by atoms with E-state index in [4.69, 9.17) is 0 Å². The zero-order valence-electron chi connectivity index (χ0n) is 1.51. The van der Waals surface area contributed by atoms with E-state index in [1.54, 1.807) is 0 Å². The Labute approximate surface area is 66.0 Å². The standard InChI is InChI=1S/I3.Mn/c1-3-2;/q-1;. The summed E-state index contributed by atoms with van der Waals surface area (Å²) in [6, 6.07) is 0. The summed E-state index contributed by atoms with van der Waals surface area (Å²) >= 11 is 5.30. The van der Waals surface area contributed by atoms with Crippen LogP contribution < -0.4 is 13.3 Å². The first-order valence-corrected chi connectivity index (χ1v) is 12.9. The molecule has 0 aliphatic carbocycles. The third kappa shape index (κ3) is 8.83. The molecule has 0 rings (SSSR count). The summed E-state index contributed by atoms with van der Waals surface area (Å²) < 4.78 is 0. The van der Waals surface area contributed by atoms with Gasteiger partial charge in [-0.3, -0.25) is 0 Å². The molecule has 0 spiro atoms. The molecule has 0 saturated heterocycles. The molecule has 0 aliphatic heterocycles. The topological polar surface area (TPSA) is 0 Å². The van der Waals surface area contributed by atoms with Crippen LogP contribution in [0.1, 0.15) is 0 Å². The van der Waals surface area contributed by atoms with Gasteiger partial charge >= 0.3 is 50.5 Å². The van der Waals surface area contributed by atoms with E-state index in [9.17, 15) is 0 Å². The molecule has 4 heavy (non-hydrogen) atoms. The predicted molar refractivity (Wildman–Crippen MR) is 28.0 cm³/mol. The monoisotopic (exact) mass is 436 g/mol. The van der Waals surface area contributed by atoms with Crippen molar-refractivity contribution in [1.29, 1.82) is 0 Å². The molecule has 0 amide bonds. The van der Waals surface area contributed by atoms with Gasteiger partial charge in [-0.25, -0.2) is 0 Å². The molecule has 0 aromatic carbocycles. The van der Waals surface area contributed by atoms with E-state index in [0.29, 0.717) is 13.3 Å². The van der Waals surface area contributed by atoms with Crippen LogP contribution in [-0.4, -0.2) is 0 Å². The minimum atomic E-state index is 0. The van der Waals surface area contributed by atoms with Crippen molar-refractivity contribution >= 4 is 37.2 Å². The zero-order chi connectivity index (χ0) is 2.71. The van der Waals surface area contributed by atoms with Crippen molar-refractivity contribution in [2.45, 2.75) is 0 Å². The third-order valence-corrected chi connectivity index (χ3v) is 0. The minimum absolute atomic E-state index is 0. The van der Waals surface area contributed by atoms with Gasteiger partial charge in [0.15, 0.2) is 0 Å². The van der Waals surface area contributed by atoms with Crippen LogP contribution in [0, 0.1) is 0 Å². The summed E-state index contributed by atoms with van der Waals surface area (Å²) in [6.07, 6.45) is 0. The average Bonchev–Trinajstić information content (AvgIpc) is 0.918. The molecule has 0 atom stereocenters. The Bertz CT molecular complexity index is 3.25. The molecule has 1 radical (unpaired) electrons. The first-order valence-electron chi connectivity index (χ1n) is 0.286. The Morgan fingerprint density at radius 3 is 1.25 bits per heavy atom. The van der Waals surface area contributed by atoms with E-state index in [-0.39, 0.29) is 17.1 Å². The van der Waals surface area contributed by atoms with Crippen LogP contribution in [0.25, 0.3) is 0 Å². The summed E-state index contributed by atoms with van der Waals surface area (Å²) in [4.78, 5) is 0. The van der Waals surface area contributed by atoms with Crippen molar-refractivity contribution in [2.75, 3.05) is 0 Å². The second kappa shape index (κ2) is 9.20. The van der Waals surface area contributed by atoms with Crippen molar-refractivity contribution in [3.05, 3.63) is 0 Å². The quantitative estimate of drug-likeness (QED) is 0.330. The smallest absolute Gasteiger partial charge is 0 e. The maximum absolute atomic E-state index is 2.39. The summed E-state index contributed by atoms with van der Waals surface area (Å²) in [6.45, 7) is 0. The third-order valence-electron chi connectivity index (χ3n) is 0. The van der Waals surface area contributed by atoms with E-state index >= 15 is 0 Å². The number of hydrogen-bond donors (Lipinski definition) is 0. The molecule has 0 unspecified atom stereocenters. The van der Waals surface area contributed by atoms with E-state index in [0.717, 1.165) is 0 Å². The molecule has 0 aromatic heterocycles. The first-order chi connectivity index (χ1) is 1.41. The molecule has 0 saturated carbocycles. The summed E-state index contributed by atoms with van der Waals surface area (Å²) in [5, 5.41) is 0. The fourth-order valence-electron chi connectivity index (χ4n) is 0. The minimum Gasteiger partial charge on any atom is 0 e. The van der Waals surface area contributed by atoms with Gasteiger partial charge in [-0.15, -0.1) is 0 Å².